The number of aryl methyl sites for hydroxylation is 4. The summed E-state index contributed by atoms with van der Waals surface area (Å²) in [6.45, 7) is 2.79. The van der Waals surface area contributed by atoms with Crippen molar-refractivity contribution in [2.75, 3.05) is 13.1 Å². The Kier molecular flexibility index (Phi) is 13.0. The van der Waals surface area contributed by atoms with E-state index >= 15 is 0 Å². The van der Waals surface area contributed by atoms with Crippen LogP contribution in [0.15, 0.2) is 127 Å². The van der Waals surface area contributed by atoms with Crippen LogP contribution in [0.2, 0.25) is 0 Å². The fourth-order valence-corrected chi connectivity index (χ4v) is 6.72. The van der Waals surface area contributed by atoms with Crippen molar-refractivity contribution in [2.24, 2.45) is 11.5 Å². The van der Waals surface area contributed by atoms with Crippen LogP contribution in [-0.2, 0) is 50.1 Å². The normalized spacial score (nSPS) is 11.1. The largest absolute Gasteiger partial charge is 0.384 e. The topological polar surface area (TPSA) is 143 Å². The summed E-state index contributed by atoms with van der Waals surface area (Å²) in [5, 5.41) is 10.8. The van der Waals surface area contributed by atoms with Crippen LogP contribution in [0.25, 0.3) is 11.0 Å². The minimum Gasteiger partial charge on any atom is -0.384 e. The molecule has 276 valence electrons. The number of benzene rings is 5. The molecule has 1 heterocycles. The number of nitrogens with zero attached hydrogens (tertiary/aromatic N) is 3. The van der Waals surface area contributed by atoms with Crippen LogP contribution in [0.4, 0.5) is 0 Å². The Hall–Kier alpha value is -6.06. The van der Waals surface area contributed by atoms with E-state index < -0.39 is 0 Å². The molecular weight excluding hydrogens is 671 g/mol. The lowest BCUT2D eigenvalue weighted by molar-refractivity contribution is -0.120. The highest BCUT2D eigenvalue weighted by atomic mass is 16.2. The van der Waals surface area contributed by atoms with Crippen molar-refractivity contribution in [3.63, 3.8) is 0 Å². The number of carbonyl (C=O) groups is 2. The van der Waals surface area contributed by atoms with Gasteiger partial charge in [0.1, 0.15) is 11.7 Å². The van der Waals surface area contributed by atoms with Crippen LogP contribution in [-0.4, -0.2) is 45.2 Å². The maximum Gasteiger partial charge on any atom is 0.254 e. The van der Waals surface area contributed by atoms with E-state index in [1.54, 1.807) is 0 Å². The zero-order chi connectivity index (χ0) is 37.7. The second kappa shape index (κ2) is 18.6. The molecule has 5 aromatic carbocycles. The molecule has 6 aromatic rings. The maximum atomic E-state index is 14.2. The van der Waals surface area contributed by atoms with Crippen LogP contribution >= 0.6 is 0 Å². The third kappa shape index (κ3) is 10.3. The lowest BCUT2D eigenvalue weighted by Crippen LogP contribution is -2.31. The summed E-state index contributed by atoms with van der Waals surface area (Å²) in [5.74, 6) is 0.928. The minimum absolute atomic E-state index is 0.00211. The standard InChI is InChI=1S/C45H49N7O2/c46-31-36-14-16-37(17-15-36)32-51(27-7-13-33-9-3-1-4-10-33)45(54)39-23-24-41-40(30-39)50-42(25-20-34-18-21-38(22-19-34)44(47)48)52(41)28-8-26-49-43(53)29-35-11-5-2-6-12-35/h1-6,9-12,14-19,21-24,30H,7-8,13,20,25-29,31-32,46H2,(H3,47,48)(H,49,53). The predicted octanol–water partition coefficient (Wildman–Crippen LogP) is 6.59. The third-order valence-electron chi connectivity index (χ3n) is 9.72. The summed E-state index contributed by atoms with van der Waals surface area (Å²) in [6.07, 6.45) is 4.23. The molecule has 1 aromatic heterocycles. The van der Waals surface area contributed by atoms with Gasteiger partial charge in [-0.25, -0.2) is 4.98 Å². The number of fused-ring (bicyclic) bond motifs is 1. The van der Waals surface area contributed by atoms with E-state index in [1.165, 1.54) is 5.56 Å². The van der Waals surface area contributed by atoms with E-state index in [0.29, 0.717) is 56.7 Å². The second-order valence-electron chi connectivity index (χ2n) is 13.7. The smallest absolute Gasteiger partial charge is 0.254 e. The number of rotatable bonds is 18. The number of nitrogens with one attached hydrogen (secondary N) is 2. The van der Waals surface area contributed by atoms with Crippen LogP contribution in [0.5, 0.6) is 0 Å². The first-order chi connectivity index (χ1) is 26.4. The molecule has 0 spiro atoms. The first-order valence-corrected chi connectivity index (χ1v) is 18.7. The monoisotopic (exact) mass is 719 g/mol. The highest BCUT2D eigenvalue weighted by molar-refractivity contribution is 5.97. The Morgan fingerprint density at radius 2 is 1.33 bits per heavy atom. The number of amides is 2. The number of amidine groups is 1. The molecular formula is C45H49N7O2. The Bertz CT molecular complexity index is 2140. The molecule has 2 amide bonds. The van der Waals surface area contributed by atoms with Crippen molar-refractivity contribution in [3.05, 3.63) is 172 Å². The van der Waals surface area contributed by atoms with Crippen molar-refractivity contribution in [2.45, 2.75) is 58.2 Å². The van der Waals surface area contributed by atoms with Gasteiger partial charge in [-0.05, 0) is 71.7 Å². The van der Waals surface area contributed by atoms with Crippen molar-refractivity contribution in [1.29, 1.82) is 5.41 Å². The van der Waals surface area contributed by atoms with E-state index in [-0.39, 0.29) is 17.6 Å². The molecule has 6 rings (SSSR count). The van der Waals surface area contributed by atoms with Crippen LogP contribution < -0.4 is 16.8 Å². The molecule has 9 heteroatoms. The number of hydrogen-bond acceptors (Lipinski definition) is 5. The highest BCUT2D eigenvalue weighted by Gasteiger charge is 2.19. The van der Waals surface area contributed by atoms with Crippen molar-refractivity contribution >= 4 is 28.7 Å². The van der Waals surface area contributed by atoms with Crippen molar-refractivity contribution < 1.29 is 9.59 Å². The van der Waals surface area contributed by atoms with E-state index in [1.807, 2.05) is 108 Å². The minimum atomic E-state index is -0.0318. The molecule has 6 N–H and O–H groups in total. The average molecular weight is 720 g/mol. The van der Waals surface area contributed by atoms with Gasteiger partial charge >= 0.3 is 0 Å². The Morgan fingerprint density at radius 3 is 2.02 bits per heavy atom. The molecule has 0 unspecified atom stereocenters. The van der Waals surface area contributed by atoms with Crippen LogP contribution in [0.3, 0.4) is 0 Å². The van der Waals surface area contributed by atoms with Crippen molar-refractivity contribution in [3.8, 4) is 0 Å². The molecule has 54 heavy (non-hydrogen) atoms. The SMILES string of the molecule is N=C(N)c1ccc(CCc2nc3cc(C(=O)N(CCCc4ccccc4)Cc4ccc(CN)cc4)ccc3n2CCCNC(=O)Cc2ccccc2)cc1. The van der Waals surface area contributed by atoms with Gasteiger partial charge in [-0.15, -0.1) is 0 Å². The van der Waals surface area contributed by atoms with E-state index in [9.17, 15) is 9.59 Å². The molecule has 0 aliphatic carbocycles. The summed E-state index contributed by atoms with van der Waals surface area (Å²) in [6, 6.07) is 41.8. The fourth-order valence-electron chi connectivity index (χ4n) is 6.72. The quantitative estimate of drug-likeness (QED) is 0.0451. The van der Waals surface area contributed by atoms with Gasteiger partial charge in [-0.2, -0.15) is 0 Å². The lowest BCUT2D eigenvalue weighted by Gasteiger charge is -2.23. The molecule has 0 fully saturated rings. The fraction of sp³-hybridized carbons (Fsp3) is 0.244. The van der Waals surface area contributed by atoms with E-state index in [2.05, 4.69) is 34.1 Å². The first kappa shape index (κ1) is 37.7. The highest BCUT2D eigenvalue weighted by Crippen LogP contribution is 2.22. The van der Waals surface area contributed by atoms with Gasteiger partial charge in [-0.1, -0.05) is 109 Å². The number of carbonyl (C=O) groups excluding carboxylic acids is 2. The zero-order valence-corrected chi connectivity index (χ0v) is 30.7. The van der Waals surface area contributed by atoms with Gasteiger partial charge in [0.25, 0.3) is 5.91 Å². The first-order valence-electron chi connectivity index (χ1n) is 18.7. The van der Waals surface area contributed by atoms with Crippen molar-refractivity contribution in [1.82, 2.24) is 19.8 Å². The number of aromatic nitrogens is 2. The summed E-state index contributed by atoms with van der Waals surface area (Å²) < 4.78 is 2.22. The van der Waals surface area contributed by atoms with E-state index in [0.717, 1.165) is 64.8 Å². The Balaban J connectivity index is 1.20. The Labute approximate surface area is 317 Å². The van der Waals surface area contributed by atoms with Gasteiger partial charge in [0.2, 0.25) is 5.91 Å². The second-order valence-corrected chi connectivity index (χ2v) is 13.7. The van der Waals surface area contributed by atoms with Gasteiger partial charge < -0.3 is 26.3 Å². The van der Waals surface area contributed by atoms with Crippen LogP contribution in [0.1, 0.15) is 62.4 Å². The maximum absolute atomic E-state index is 14.2. The van der Waals surface area contributed by atoms with Gasteiger partial charge in [0, 0.05) is 50.3 Å². The molecule has 0 saturated carbocycles. The number of imidazole rings is 1. The number of nitrogens with two attached hydrogens (primary N) is 2. The molecule has 0 atom stereocenters. The van der Waals surface area contributed by atoms with Gasteiger partial charge in [0.05, 0.1) is 17.5 Å². The molecule has 9 nitrogen and oxygen atoms in total. The van der Waals surface area contributed by atoms with E-state index in [4.69, 9.17) is 21.9 Å². The summed E-state index contributed by atoms with van der Waals surface area (Å²) >= 11 is 0. The van der Waals surface area contributed by atoms with Crippen LogP contribution in [0, 0.1) is 5.41 Å². The summed E-state index contributed by atoms with van der Waals surface area (Å²) in [4.78, 5) is 33.9. The Morgan fingerprint density at radius 1 is 0.704 bits per heavy atom. The average Bonchev–Trinajstić information content (AvgIpc) is 3.55. The molecule has 0 radical (unpaired) electrons. The van der Waals surface area contributed by atoms with Gasteiger partial charge in [-0.3, -0.25) is 15.0 Å². The summed E-state index contributed by atoms with van der Waals surface area (Å²) in [5.41, 5.74) is 20.0. The lowest BCUT2D eigenvalue weighted by atomic mass is 10.1. The molecule has 0 bridgehead atoms. The number of nitrogen functional groups attached to an aromatic ring is 1. The molecule has 0 saturated heterocycles. The summed E-state index contributed by atoms with van der Waals surface area (Å²) in [7, 11) is 0. The molecule has 0 aliphatic rings. The molecule has 0 aliphatic heterocycles. The van der Waals surface area contributed by atoms with Gasteiger partial charge in [0.15, 0.2) is 0 Å². The zero-order valence-electron chi connectivity index (χ0n) is 30.7. The number of hydrogen-bond donors (Lipinski definition) is 4. The predicted molar refractivity (Wildman–Crippen MR) is 216 cm³/mol. The third-order valence-corrected chi connectivity index (χ3v) is 9.72.